The van der Waals surface area contributed by atoms with Crippen LogP contribution in [-0.4, -0.2) is 11.7 Å². The van der Waals surface area contributed by atoms with Crippen molar-refractivity contribution in [1.82, 2.24) is 0 Å². The first-order valence-electron chi connectivity index (χ1n) is 4.79. The lowest BCUT2D eigenvalue weighted by Crippen LogP contribution is -2.02. The van der Waals surface area contributed by atoms with Gasteiger partial charge in [-0.15, -0.1) is 0 Å². The summed E-state index contributed by atoms with van der Waals surface area (Å²) in [4.78, 5) is 0. The second kappa shape index (κ2) is 8.06. The van der Waals surface area contributed by atoms with Crippen LogP contribution in [0, 0.1) is 5.92 Å². The summed E-state index contributed by atoms with van der Waals surface area (Å²) in [6.45, 7) is 4.68. The molecule has 1 N–H and O–H groups in total. The highest BCUT2D eigenvalue weighted by atomic mass is 16.3. The number of aliphatic hydroxyl groups excluding tert-OH is 1. The zero-order valence-electron chi connectivity index (χ0n) is 7.90. The van der Waals surface area contributed by atoms with Gasteiger partial charge in [-0.3, -0.25) is 0 Å². The fourth-order valence-electron chi connectivity index (χ4n) is 1.14. The Morgan fingerprint density at radius 1 is 1.00 bits per heavy atom. The van der Waals surface area contributed by atoms with Crippen molar-refractivity contribution in [3.8, 4) is 0 Å². The lowest BCUT2D eigenvalue weighted by atomic mass is 9.97. The van der Waals surface area contributed by atoms with Crippen molar-refractivity contribution in [2.75, 3.05) is 6.61 Å². The maximum Gasteiger partial charge on any atom is 0.0493 e. The third-order valence-electron chi connectivity index (χ3n) is 1.99. The molecule has 0 saturated carbocycles. The summed E-state index contributed by atoms with van der Waals surface area (Å²) in [7, 11) is 0. The first-order chi connectivity index (χ1) is 5.35. The minimum absolute atomic E-state index is 0.306. The molecular weight excluding hydrogens is 136 g/mol. The highest BCUT2D eigenvalue weighted by Gasteiger charge is 2.05. The molecular formula is C10H21O. The molecule has 0 aliphatic carbocycles. The Morgan fingerprint density at radius 3 is 1.73 bits per heavy atom. The number of aliphatic hydroxyl groups is 1. The fourth-order valence-corrected chi connectivity index (χ4v) is 1.14. The molecule has 0 amide bonds. The lowest BCUT2D eigenvalue weighted by Gasteiger charge is -2.11. The number of hydrogen-bond acceptors (Lipinski definition) is 1. The van der Waals surface area contributed by atoms with Gasteiger partial charge in [0.05, 0.1) is 0 Å². The molecule has 0 unspecified atom stereocenters. The maximum atomic E-state index is 8.94. The molecule has 0 aromatic heterocycles. The average Bonchev–Trinajstić information content (AvgIpc) is 2.05. The van der Waals surface area contributed by atoms with Gasteiger partial charge in [0.1, 0.15) is 0 Å². The zero-order valence-corrected chi connectivity index (χ0v) is 7.90. The highest BCUT2D eigenvalue weighted by Crippen LogP contribution is 2.16. The Labute approximate surface area is 70.8 Å². The van der Waals surface area contributed by atoms with Crippen molar-refractivity contribution in [3.63, 3.8) is 0 Å². The van der Waals surface area contributed by atoms with Crippen LogP contribution in [0.4, 0.5) is 0 Å². The second-order valence-electron chi connectivity index (χ2n) is 3.12. The van der Waals surface area contributed by atoms with Crippen LogP contribution in [0.3, 0.4) is 0 Å². The number of hydrogen-bond donors (Lipinski definition) is 1. The van der Waals surface area contributed by atoms with E-state index >= 15 is 0 Å². The number of rotatable bonds is 7. The van der Waals surface area contributed by atoms with E-state index in [9.17, 15) is 0 Å². The molecule has 0 bridgehead atoms. The molecule has 1 radical (unpaired) electrons. The van der Waals surface area contributed by atoms with Crippen LogP contribution < -0.4 is 0 Å². The molecule has 0 fully saturated rings. The quantitative estimate of drug-likeness (QED) is 0.602. The van der Waals surface area contributed by atoms with E-state index in [0.717, 1.165) is 12.8 Å². The summed E-state index contributed by atoms with van der Waals surface area (Å²) in [6.07, 6.45) is 7.20. The van der Waals surface area contributed by atoms with Gasteiger partial charge in [0, 0.05) is 12.5 Å². The van der Waals surface area contributed by atoms with E-state index in [2.05, 4.69) is 13.8 Å². The van der Waals surface area contributed by atoms with Gasteiger partial charge in [-0.1, -0.05) is 39.5 Å². The topological polar surface area (TPSA) is 20.2 Å². The van der Waals surface area contributed by atoms with E-state index in [1.54, 1.807) is 0 Å². The monoisotopic (exact) mass is 157 g/mol. The van der Waals surface area contributed by atoms with Crippen LogP contribution in [-0.2, 0) is 0 Å². The van der Waals surface area contributed by atoms with E-state index < -0.39 is 0 Å². The van der Waals surface area contributed by atoms with Gasteiger partial charge in [0.2, 0.25) is 0 Å². The Bertz CT molecular complexity index is 63.3. The lowest BCUT2D eigenvalue weighted by molar-refractivity contribution is 0.291. The average molecular weight is 157 g/mol. The fraction of sp³-hybridized carbons (Fsp3) is 0.900. The van der Waals surface area contributed by atoms with E-state index in [4.69, 9.17) is 5.11 Å². The van der Waals surface area contributed by atoms with Crippen LogP contribution in [0.25, 0.3) is 0 Å². The van der Waals surface area contributed by atoms with Gasteiger partial charge in [-0.25, -0.2) is 0 Å². The van der Waals surface area contributed by atoms with Crippen molar-refractivity contribution in [2.24, 2.45) is 0 Å². The van der Waals surface area contributed by atoms with E-state index in [0.29, 0.717) is 6.61 Å². The molecule has 0 aromatic rings. The molecule has 0 heterocycles. The van der Waals surface area contributed by atoms with Gasteiger partial charge >= 0.3 is 0 Å². The second-order valence-corrected chi connectivity index (χ2v) is 3.12. The minimum Gasteiger partial charge on any atom is -0.396 e. The smallest absolute Gasteiger partial charge is 0.0493 e. The van der Waals surface area contributed by atoms with Crippen molar-refractivity contribution < 1.29 is 5.11 Å². The summed E-state index contributed by atoms with van der Waals surface area (Å²) >= 11 is 0. The van der Waals surface area contributed by atoms with Gasteiger partial charge in [-0.05, 0) is 12.8 Å². The van der Waals surface area contributed by atoms with Crippen LogP contribution in [0.15, 0.2) is 0 Å². The first-order valence-corrected chi connectivity index (χ1v) is 4.79. The summed E-state index contributed by atoms with van der Waals surface area (Å²) in [5, 5.41) is 8.94. The molecule has 1 nitrogen and oxygen atoms in total. The normalized spacial score (nSPS) is 10.9. The summed E-state index contributed by atoms with van der Waals surface area (Å²) in [5.74, 6) is 1.34. The molecule has 0 atom stereocenters. The summed E-state index contributed by atoms with van der Waals surface area (Å²) in [6, 6.07) is 0. The molecule has 0 aliphatic heterocycles. The van der Waals surface area contributed by atoms with Crippen molar-refractivity contribution >= 4 is 0 Å². The first kappa shape index (κ1) is 11.0. The summed E-state index contributed by atoms with van der Waals surface area (Å²) in [5.41, 5.74) is 0. The van der Waals surface area contributed by atoms with Crippen molar-refractivity contribution in [3.05, 3.63) is 5.92 Å². The van der Waals surface area contributed by atoms with Crippen molar-refractivity contribution in [1.29, 1.82) is 0 Å². The molecule has 0 aromatic carbocycles. The Morgan fingerprint density at radius 2 is 1.45 bits per heavy atom. The van der Waals surface area contributed by atoms with Crippen LogP contribution >= 0.6 is 0 Å². The molecule has 0 aliphatic rings. The molecule has 0 rings (SSSR count). The highest BCUT2D eigenvalue weighted by molar-refractivity contribution is 4.87. The Hall–Kier alpha value is -0.0400. The molecule has 0 spiro atoms. The van der Waals surface area contributed by atoms with Gasteiger partial charge in [-0.2, -0.15) is 0 Å². The third kappa shape index (κ3) is 6.36. The SMILES string of the molecule is CCCC[C](CO)CCCC. The van der Waals surface area contributed by atoms with E-state index in [-0.39, 0.29) is 0 Å². The van der Waals surface area contributed by atoms with Crippen LogP contribution in [0.5, 0.6) is 0 Å². The maximum absolute atomic E-state index is 8.94. The summed E-state index contributed by atoms with van der Waals surface area (Å²) < 4.78 is 0. The minimum atomic E-state index is 0.306. The van der Waals surface area contributed by atoms with E-state index in [1.807, 2.05) is 0 Å². The third-order valence-corrected chi connectivity index (χ3v) is 1.99. The Kier molecular flexibility index (Phi) is 8.03. The number of unbranched alkanes of at least 4 members (excludes halogenated alkanes) is 2. The van der Waals surface area contributed by atoms with Gasteiger partial charge < -0.3 is 5.11 Å². The Balaban J connectivity index is 3.25. The molecule has 11 heavy (non-hydrogen) atoms. The predicted octanol–water partition coefficient (Wildman–Crippen LogP) is 2.93. The molecule has 1 heteroatoms. The van der Waals surface area contributed by atoms with Crippen molar-refractivity contribution in [2.45, 2.75) is 52.4 Å². The van der Waals surface area contributed by atoms with Crippen LogP contribution in [0.1, 0.15) is 52.4 Å². The van der Waals surface area contributed by atoms with E-state index in [1.165, 1.54) is 31.6 Å². The predicted molar refractivity (Wildman–Crippen MR) is 49.4 cm³/mol. The molecule has 67 valence electrons. The zero-order chi connectivity index (χ0) is 8.53. The standard InChI is InChI=1S/C10H21O/c1-3-5-7-10(9-11)8-6-4-2/h11H,3-9H2,1-2H3. The molecule has 0 saturated heterocycles. The van der Waals surface area contributed by atoms with Gasteiger partial charge in [0.25, 0.3) is 0 Å². The van der Waals surface area contributed by atoms with Gasteiger partial charge in [0.15, 0.2) is 0 Å². The largest absolute Gasteiger partial charge is 0.396 e. The van der Waals surface area contributed by atoms with Crippen LogP contribution in [0.2, 0.25) is 0 Å².